The number of hydrogen-bond donors (Lipinski definition) is 1. The molecule has 2 atom stereocenters. The molecule has 0 spiro atoms. The molecule has 0 fully saturated rings. The molecule has 2 rings (SSSR count). The third-order valence-corrected chi connectivity index (χ3v) is 3.17. The Morgan fingerprint density at radius 2 is 2.05 bits per heavy atom. The van der Waals surface area contributed by atoms with E-state index in [4.69, 9.17) is 4.74 Å². The molecule has 19 heavy (non-hydrogen) atoms. The first kappa shape index (κ1) is 14.0. The van der Waals surface area contributed by atoms with Gasteiger partial charge in [0, 0.05) is 19.3 Å². The van der Waals surface area contributed by atoms with Crippen LogP contribution in [0.3, 0.4) is 0 Å². The molecular formula is C14H22N4O. The van der Waals surface area contributed by atoms with Gasteiger partial charge in [-0.1, -0.05) is 19.9 Å². The van der Waals surface area contributed by atoms with E-state index in [9.17, 15) is 0 Å². The average Bonchev–Trinajstić information content (AvgIpc) is 2.79. The lowest BCUT2D eigenvalue weighted by Crippen LogP contribution is -2.37. The van der Waals surface area contributed by atoms with Gasteiger partial charge in [-0.15, -0.1) is 10.2 Å². The number of hydrogen-bond acceptors (Lipinski definition) is 4. The van der Waals surface area contributed by atoms with Crippen molar-refractivity contribution in [3.63, 3.8) is 0 Å². The molecule has 2 aromatic rings. The van der Waals surface area contributed by atoms with Crippen molar-refractivity contribution < 1.29 is 4.74 Å². The van der Waals surface area contributed by atoms with Gasteiger partial charge >= 0.3 is 0 Å². The third-order valence-electron chi connectivity index (χ3n) is 3.17. The van der Waals surface area contributed by atoms with E-state index in [1.807, 2.05) is 28.8 Å². The predicted octanol–water partition coefficient (Wildman–Crippen LogP) is 2.05. The molecule has 0 aliphatic rings. The van der Waals surface area contributed by atoms with Crippen molar-refractivity contribution in [2.24, 2.45) is 5.92 Å². The van der Waals surface area contributed by atoms with Gasteiger partial charge in [-0.2, -0.15) is 0 Å². The minimum Gasteiger partial charge on any atom is -0.383 e. The summed E-state index contributed by atoms with van der Waals surface area (Å²) >= 11 is 0. The molecule has 0 unspecified atom stereocenters. The molecule has 0 amide bonds. The van der Waals surface area contributed by atoms with Crippen LogP contribution in [0.4, 0.5) is 0 Å². The highest BCUT2D eigenvalue weighted by molar-refractivity contribution is 5.37. The second-order valence-electron chi connectivity index (χ2n) is 5.23. The second-order valence-corrected chi connectivity index (χ2v) is 5.23. The minimum absolute atomic E-state index is 0.155. The lowest BCUT2D eigenvalue weighted by atomic mass is 10.0. The van der Waals surface area contributed by atoms with Crippen molar-refractivity contribution in [1.29, 1.82) is 0 Å². The fraction of sp³-hybridized carbons (Fsp3) is 0.571. The fourth-order valence-corrected chi connectivity index (χ4v) is 2.24. The Hall–Kier alpha value is -1.46. The highest BCUT2D eigenvalue weighted by atomic mass is 16.5. The van der Waals surface area contributed by atoms with Gasteiger partial charge in [-0.05, 0) is 25.0 Å². The quantitative estimate of drug-likeness (QED) is 0.865. The Kier molecular flexibility index (Phi) is 4.50. The molecule has 5 nitrogen and oxygen atoms in total. The van der Waals surface area contributed by atoms with Crippen LogP contribution in [0.15, 0.2) is 24.4 Å². The first-order chi connectivity index (χ1) is 9.13. The number of rotatable bonds is 6. The monoisotopic (exact) mass is 262 g/mol. The number of aromatic nitrogens is 3. The van der Waals surface area contributed by atoms with E-state index in [-0.39, 0.29) is 12.1 Å². The molecule has 0 bridgehead atoms. The van der Waals surface area contributed by atoms with Crippen molar-refractivity contribution in [3.8, 4) is 0 Å². The van der Waals surface area contributed by atoms with Gasteiger partial charge in [-0.3, -0.25) is 4.40 Å². The van der Waals surface area contributed by atoms with Gasteiger partial charge in [0.1, 0.15) is 0 Å². The number of nitrogens with one attached hydrogen (secondary N) is 1. The number of ether oxygens (including phenoxy) is 1. The van der Waals surface area contributed by atoms with Crippen LogP contribution in [-0.4, -0.2) is 34.4 Å². The fourth-order valence-electron chi connectivity index (χ4n) is 2.24. The summed E-state index contributed by atoms with van der Waals surface area (Å²) < 4.78 is 7.22. The zero-order valence-corrected chi connectivity index (χ0v) is 12.0. The van der Waals surface area contributed by atoms with Crippen LogP contribution < -0.4 is 5.32 Å². The minimum atomic E-state index is 0.155. The molecule has 1 N–H and O–H groups in total. The first-order valence-electron chi connectivity index (χ1n) is 6.68. The van der Waals surface area contributed by atoms with E-state index in [0.717, 1.165) is 11.5 Å². The SMILES string of the molecule is COC[C@H](C)N[C@@H](c1nnc2ccccn12)C(C)C. The number of fused-ring (bicyclic) bond motifs is 1. The van der Waals surface area contributed by atoms with Crippen LogP contribution >= 0.6 is 0 Å². The molecule has 0 radical (unpaired) electrons. The van der Waals surface area contributed by atoms with Gasteiger partial charge in [0.2, 0.25) is 0 Å². The lowest BCUT2D eigenvalue weighted by Gasteiger charge is -2.24. The van der Waals surface area contributed by atoms with Gasteiger partial charge in [-0.25, -0.2) is 0 Å². The van der Waals surface area contributed by atoms with E-state index in [0.29, 0.717) is 12.5 Å². The van der Waals surface area contributed by atoms with Crippen LogP contribution in [0.25, 0.3) is 5.65 Å². The summed E-state index contributed by atoms with van der Waals surface area (Å²) in [4.78, 5) is 0. The van der Waals surface area contributed by atoms with Crippen molar-refractivity contribution in [3.05, 3.63) is 30.2 Å². The van der Waals surface area contributed by atoms with Gasteiger partial charge < -0.3 is 10.1 Å². The van der Waals surface area contributed by atoms with E-state index >= 15 is 0 Å². The van der Waals surface area contributed by atoms with E-state index < -0.39 is 0 Å². The highest BCUT2D eigenvalue weighted by Gasteiger charge is 2.22. The van der Waals surface area contributed by atoms with Crippen LogP contribution in [-0.2, 0) is 4.74 Å². The van der Waals surface area contributed by atoms with Crippen LogP contribution in [0.1, 0.15) is 32.6 Å². The second kappa shape index (κ2) is 6.12. The van der Waals surface area contributed by atoms with Crippen molar-refractivity contribution >= 4 is 5.65 Å². The zero-order chi connectivity index (χ0) is 13.8. The normalized spacial score (nSPS) is 15.0. The predicted molar refractivity (Wildman–Crippen MR) is 75.0 cm³/mol. The van der Waals surface area contributed by atoms with E-state index in [1.54, 1.807) is 7.11 Å². The summed E-state index contributed by atoms with van der Waals surface area (Å²) in [5.74, 6) is 1.38. The zero-order valence-electron chi connectivity index (χ0n) is 12.0. The van der Waals surface area contributed by atoms with Gasteiger partial charge in [0.25, 0.3) is 0 Å². The van der Waals surface area contributed by atoms with Crippen molar-refractivity contribution in [2.45, 2.75) is 32.9 Å². The van der Waals surface area contributed by atoms with Gasteiger partial charge in [0.05, 0.1) is 12.6 Å². The number of methoxy groups -OCH3 is 1. The van der Waals surface area contributed by atoms with E-state index in [1.165, 1.54) is 0 Å². The maximum Gasteiger partial charge on any atom is 0.160 e. The third kappa shape index (κ3) is 3.11. The van der Waals surface area contributed by atoms with Crippen LogP contribution in [0.5, 0.6) is 0 Å². The Balaban J connectivity index is 2.28. The summed E-state index contributed by atoms with van der Waals surface area (Å²) in [6.45, 7) is 7.16. The molecule has 2 heterocycles. The molecule has 0 saturated carbocycles. The van der Waals surface area contributed by atoms with Crippen molar-refractivity contribution in [1.82, 2.24) is 19.9 Å². The van der Waals surface area contributed by atoms with E-state index in [2.05, 4.69) is 36.3 Å². The Morgan fingerprint density at radius 3 is 2.74 bits per heavy atom. The average molecular weight is 262 g/mol. The van der Waals surface area contributed by atoms with Gasteiger partial charge in [0.15, 0.2) is 11.5 Å². The highest BCUT2D eigenvalue weighted by Crippen LogP contribution is 2.21. The van der Waals surface area contributed by atoms with Crippen molar-refractivity contribution in [2.75, 3.05) is 13.7 Å². The van der Waals surface area contributed by atoms with Crippen LogP contribution in [0, 0.1) is 5.92 Å². The molecule has 104 valence electrons. The molecule has 0 aliphatic carbocycles. The standard InChI is InChI=1S/C14H22N4O/c1-10(2)13(15-11(3)9-19-4)14-17-16-12-7-5-6-8-18(12)14/h5-8,10-11,13,15H,9H2,1-4H3/t11-,13+/m0/s1. The summed E-state index contributed by atoms with van der Waals surface area (Å²) in [6.07, 6.45) is 2.00. The molecule has 0 aromatic carbocycles. The molecule has 2 aromatic heterocycles. The molecular weight excluding hydrogens is 240 g/mol. The topological polar surface area (TPSA) is 51.5 Å². The summed E-state index contributed by atoms with van der Waals surface area (Å²) in [5.41, 5.74) is 0.879. The first-order valence-corrected chi connectivity index (χ1v) is 6.68. The van der Waals surface area contributed by atoms with Crippen LogP contribution in [0.2, 0.25) is 0 Å². The largest absolute Gasteiger partial charge is 0.383 e. The molecule has 0 saturated heterocycles. The summed E-state index contributed by atoms with van der Waals surface area (Å²) in [7, 11) is 1.72. The summed E-state index contributed by atoms with van der Waals surface area (Å²) in [5, 5.41) is 12.1. The maximum atomic E-state index is 5.18. The maximum absolute atomic E-state index is 5.18. The smallest absolute Gasteiger partial charge is 0.160 e. The Labute approximate surface area is 114 Å². The molecule has 0 aliphatic heterocycles. The number of pyridine rings is 1. The molecule has 5 heteroatoms. The Bertz CT molecular complexity index is 523. The summed E-state index contributed by atoms with van der Waals surface area (Å²) in [6, 6.07) is 6.36. The Morgan fingerprint density at radius 1 is 1.26 bits per heavy atom. The number of nitrogens with zero attached hydrogens (tertiary/aromatic N) is 3. The lowest BCUT2D eigenvalue weighted by molar-refractivity contribution is 0.160.